The second-order valence-corrected chi connectivity index (χ2v) is 18.6. The molecule has 3 aliphatic heterocycles. The Labute approximate surface area is 408 Å². The van der Waals surface area contributed by atoms with Crippen LogP contribution in [-0.2, 0) is 28.7 Å². The van der Waals surface area contributed by atoms with Gasteiger partial charge in [-0.1, -0.05) is 17.7 Å². The smallest absolute Gasteiger partial charge is 0.264 e. The molecule has 7 rings (SSSR count). The predicted molar refractivity (Wildman–Crippen MR) is 267 cm³/mol. The third kappa shape index (κ3) is 12.5. The van der Waals surface area contributed by atoms with Crippen LogP contribution < -0.4 is 20.9 Å². The molecule has 3 aromatic rings. The molecule has 2 aromatic carbocycles. The summed E-state index contributed by atoms with van der Waals surface area (Å²) in [5.41, 5.74) is 6.83. The maximum absolute atomic E-state index is 13.8. The maximum atomic E-state index is 13.8. The molecule has 17 heteroatoms. The zero-order chi connectivity index (χ0) is 49.9. The predicted octanol–water partition coefficient (Wildman–Crippen LogP) is 6.17. The van der Waals surface area contributed by atoms with Crippen LogP contribution in [0, 0.1) is 5.41 Å². The summed E-state index contributed by atoms with van der Waals surface area (Å²) in [7, 11) is 0. The number of benzene rings is 2. The van der Waals surface area contributed by atoms with Gasteiger partial charge in [-0.15, -0.1) is 0 Å². The van der Waals surface area contributed by atoms with Gasteiger partial charge in [0.25, 0.3) is 11.8 Å². The first-order valence-corrected chi connectivity index (χ1v) is 24.3. The summed E-state index contributed by atoms with van der Waals surface area (Å²) in [4.78, 5) is 99.9. The fourth-order valence-corrected chi connectivity index (χ4v) is 9.40. The highest BCUT2D eigenvalue weighted by atomic mass is 16.5. The number of hydrogen-bond acceptors (Lipinski definition) is 15. The zero-order valence-electron chi connectivity index (χ0n) is 40.6. The number of anilines is 3. The molecule has 4 N–H and O–H groups in total. The number of allylic oxidation sites excluding steroid dienone is 4. The van der Waals surface area contributed by atoms with Gasteiger partial charge in [0.1, 0.15) is 17.6 Å². The van der Waals surface area contributed by atoms with E-state index < -0.39 is 29.7 Å². The van der Waals surface area contributed by atoms with Crippen LogP contribution in [0.1, 0.15) is 116 Å². The Bertz CT molecular complexity index is 2580. The molecule has 4 amide bonds. The zero-order valence-corrected chi connectivity index (χ0v) is 40.6. The van der Waals surface area contributed by atoms with Crippen molar-refractivity contribution in [3.05, 3.63) is 93.7 Å². The Morgan fingerprint density at radius 3 is 2.37 bits per heavy atom. The molecule has 1 aromatic heterocycles. The van der Waals surface area contributed by atoms with Gasteiger partial charge in [0, 0.05) is 124 Å². The summed E-state index contributed by atoms with van der Waals surface area (Å²) < 4.78 is 11.4. The van der Waals surface area contributed by atoms with Crippen LogP contribution in [0.3, 0.4) is 0 Å². The summed E-state index contributed by atoms with van der Waals surface area (Å²) in [6.07, 6.45) is 7.64. The van der Waals surface area contributed by atoms with E-state index in [2.05, 4.69) is 25.8 Å². The molecule has 17 nitrogen and oxygen atoms in total. The number of hydrogen-bond donors (Lipinski definition) is 4. The fourth-order valence-electron chi connectivity index (χ4n) is 9.40. The summed E-state index contributed by atoms with van der Waals surface area (Å²) in [6, 6.07) is 11.7. The molecule has 2 fully saturated rings. The van der Waals surface area contributed by atoms with Crippen molar-refractivity contribution in [2.75, 3.05) is 81.2 Å². The molecule has 0 bridgehead atoms. The van der Waals surface area contributed by atoms with E-state index in [-0.39, 0.29) is 53.8 Å². The third-order valence-electron chi connectivity index (χ3n) is 13.0. The lowest BCUT2D eigenvalue weighted by Gasteiger charge is -2.35. The number of nitrogens with zero attached hydrogens (tertiary/aromatic N) is 4. The molecule has 1 unspecified atom stereocenters. The van der Waals surface area contributed by atoms with Gasteiger partial charge in [-0.05, 0) is 100 Å². The summed E-state index contributed by atoms with van der Waals surface area (Å²) in [6.45, 7) is 13.6. The average molecular weight is 957 g/mol. The monoisotopic (exact) mass is 956 g/mol. The highest BCUT2D eigenvalue weighted by Crippen LogP contribution is 2.34. The first kappa shape index (κ1) is 51.2. The van der Waals surface area contributed by atoms with Gasteiger partial charge in [-0.25, -0.2) is 4.98 Å². The second kappa shape index (κ2) is 23.7. The van der Waals surface area contributed by atoms with Gasteiger partial charge < -0.3 is 30.4 Å². The van der Waals surface area contributed by atoms with Crippen molar-refractivity contribution in [1.82, 2.24) is 20.1 Å². The molecule has 0 spiro atoms. The summed E-state index contributed by atoms with van der Waals surface area (Å²) >= 11 is 0. The van der Waals surface area contributed by atoms with Crippen molar-refractivity contribution in [3.8, 4) is 11.1 Å². The number of piperidine rings is 1. The summed E-state index contributed by atoms with van der Waals surface area (Å²) in [5, 5.41) is 17.0. The van der Waals surface area contributed by atoms with E-state index in [0.29, 0.717) is 99.7 Å². The lowest BCUT2D eigenvalue weighted by Crippen LogP contribution is -2.54. The molecule has 0 radical (unpaired) electrons. The van der Waals surface area contributed by atoms with Crippen molar-refractivity contribution in [2.45, 2.75) is 91.1 Å². The Balaban J connectivity index is 0.782. The lowest BCUT2D eigenvalue weighted by molar-refractivity contribution is -0.136. The van der Waals surface area contributed by atoms with Crippen LogP contribution in [0.4, 0.5) is 17.2 Å². The van der Waals surface area contributed by atoms with Gasteiger partial charge in [0.2, 0.25) is 11.8 Å². The fraction of sp³-hybridized carbons (Fsp3) is 0.453. The second-order valence-electron chi connectivity index (χ2n) is 18.6. The Hall–Kier alpha value is -6.69. The van der Waals surface area contributed by atoms with E-state index in [1.807, 2.05) is 64.2 Å². The van der Waals surface area contributed by atoms with Crippen molar-refractivity contribution >= 4 is 64.4 Å². The average Bonchev–Trinajstić information content (AvgIpc) is 3.59. The SMILES string of the molecule is CC1=CC(C)=C(CCC(=O)c2cc(-c3ccc(N4CCN(CCC(=O)CCCOCCOCCNc5cccc6c5C(=O)N(C5CCC(=O)NC5=O)C6=O)CC4)nc3)cc(NC(C)C)c2C=N)C(=O)C1. The Kier molecular flexibility index (Phi) is 17.4. The molecule has 2 saturated heterocycles. The normalized spacial score (nSPS) is 17.5. The van der Waals surface area contributed by atoms with Gasteiger partial charge in [0.05, 0.1) is 30.9 Å². The van der Waals surface area contributed by atoms with E-state index in [9.17, 15) is 33.6 Å². The highest BCUT2D eigenvalue weighted by Gasteiger charge is 2.45. The number of pyridine rings is 1. The number of carbonyl (C=O) groups is 7. The lowest BCUT2D eigenvalue weighted by atomic mass is 9.88. The minimum absolute atomic E-state index is 0.0529. The number of rotatable bonds is 24. The van der Waals surface area contributed by atoms with E-state index in [1.54, 1.807) is 18.2 Å². The molecule has 370 valence electrons. The first-order chi connectivity index (χ1) is 33.7. The van der Waals surface area contributed by atoms with Crippen LogP contribution in [0.5, 0.6) is 0 Å². The largest absolute Gasteiger partial charge is 0.382 e. The van der Waals surface area contributed by atoms with Crippen molar-refractivity contribution in [3.63, 3.8) is 0 Å². The molecule has 0 saturated carbocycles. The number of piperazine rings is 1. The van der Waals surface area contributed by atoms with Crippen LogP contribution in [-0.4, -0.2) is 140 Å². The van der Waals surface area contributed by atoms with Crippen LogP contribution in [0.2, 0.25) is 0 Å². The standard InChI is InChI=1S/C53H64N8O9/c1-33(2)57-44-30-37(29-41(42(44)31-54)46(63)13-11-39-35(4)27-34(3)28-47(39)64)36-10-14-48(56-32-36)60-21-19-59(20-22-60)18-16-38(62)7-6-23-69-25-26-70-24-17-55-43-9-5-8-40-50(43)53(68)61(52(40)67)45-12-15-49(65)58-51(45)66/h5,8-10,14,27,29-33,45,54-55,57H,6-7,11-13,15-26,28H2,1-4H3,(H,58,65,66). The number of aromatic nitrogens is 1. The number of ketones is 3. The minimum atomic E-state index is -1.03. The molecular weight excluding hydrogens is 893 g/mol. The number of imide groups is 2. The van der Waals surface area contributed by atoms with Crippen LogP contribution >= 0.6 is 0 Å². The molecule has 70 heavy (non-hydrogen) atoms. The Morgan fingerprint density at radius 2 is 1.67 bits per heavy atom. The van der Waals surface area contributed by atoms with Crippen LogP contribution in [0.15, 0.2) is 71.5 Å². The number of nitrogens with one attached hydrogen (secondary N) is 4. The molecule has 1 aliphatic carbocycles. The number of carbonyl (C=O) groups excluding carboxylic acids is 7. The van der Waals surface area contributed by atoms with Crippen molar-refractivity contribution < 1.29 is 43.0 Å². The number of amides is 4. The maximum Gasteiger partial charge on any atom is 0.264 e. The number of Topliss-reactive ketones (excluding diaryl/α,β-unsaturated/α-hetero) is 3. The topological polar surface area (TPSA) is 220 Å². The van der Waals surface area contributed by atoms with Gasteiger partial charge in [-0.3, -0.25) is 48.7 Å². The third-order valence-corrected chi connectivity index (χ3v) is 13.0. The van der Waals surface area contributed by atoms with E-state index >= 15 is 0 Å². The minimum Gasteiger partial charge on any atom is -0.382 e. The quantitative estimate of drug-likeness (QED) is 0.0342. The van der Waals surface area contributed by atoms with Crippen molar-refractivity contribution in [2.24, 2.45) is 0 Å². The van der Waals surface area contributed by atoms with E-state index in [1.165, 1.54) is 6.21 Å². The summed E-state index contributed by atoms with van der Waals surface area (Å²) in [5.74, 6) is -1.21. The number of fused-ring (bicyclic) bond motifs is 1. The Morgan fingerprint density at radius 1 is 0.900 bits per heavy atom. The van der Waals surface area contributed by atoms with Gasteiger partial charge in [0.15, 0.2) is 11.6 Å². The molecule has 1 atom stereocenters. The van der Waals surface area contributed by atoms with Crippen LogP contribution in [0.25, 0.3) is 11.1 Å². The number of ether oxygens (including phenoxy) is 2. The molecular formula is C53H64N8O9. The van der Waals surface area contributed by atoms with Gasteiger partial charge >= 0.3 is 0 Å². The van der Waals surface area contributed by atoms with E-state index in [0.717, 1.165) is 59.2 Å². The van der Waals surface area contributed by atoms with Gasteiger partial charge in [-0.2, -0.15) is 0 Å². The molecule has 4 aliphatic rings. The molecule has 4 heterocycles. The van der Waals surface area contributed by atoms with E-state index in [4.69, 9.17) is 19.9 Å². The van der Waals surface area contributed by atoms with Crippen molar-refractivity contribution in [1.29, 1.82) is 5.41 Å². The highest BCUT2D eigenvalue weighted by molar-refractivity contribution is 6.25. The first-order valence-electron chi connectivity index (χ1n) is 24.3.